The summed E-state index contributed by atoms with van der Waals surface area (Å²) in [6.45, 7) is 2.09. The summed E-state index contributed by atoms with van der Waals surface area (Å²) < 4.78 is 4.87. The highest BCUT2D eigenvalue weighted by Crippen LogP contribution is 2.11. The second-order valence-electron chi connectivity index (χ2n) is 3.74. The van der Waals surface area contributed by atoms with Crippen molar-refractivity contribution in [1.29, 1.82) is 0 Å². The van der Waals surface area contributed by atoms with Crippen LogP contribution in [0.2, 0.25) is 0 Å². The number of cyclic esters (lactones) is 1. The summed E-state index contributed by atoms with van der Waals surface area (Å²) in [5.74, 6) is 5.75. The van der Waals surface area contributed by atoms with E-state index in [4.69, 9.17) is 10.5 Å². The predicted molar refractivity (Wildman–Crippen MR) is 64.1 cm³/mol. The van der Waals surface area contributed by atoms with Gasteiger partial charge in [0.2, 0.25) is 0 Å². The van der Waals surface area contributed by atoms with Gasteiger partial charge in [-0.1, -0.05) is 24.0 Å². The Balaban J connectivity index is 2.00. The van der Waals surface area contributed by atoms with Crippen molar-refractivity contribution in [3.05, 3.63) is 35.4 Å². The lowest BCUT2D eigenvalue weighted by atomic mass is 10.1. The minimum absolute atomic E-state index is 0.239. The van der Waals surface area contributed by atoms with Gasteiger partial charge in [-0.3, -0.25) is 0 Å². The molecule has 0 atom stereocenters. The molecule has 1 aromatic carbocycles. The standard InChI is InChI=1S/C13H14N2O2/c14-7-1-2-11-3-5-12(6-4-11)10-15-8-9-17-13(15)16/h3-6H,7-10,14H2. The van der Waals surface area contributed by atoms with E-state index in [1.807, 2.05) is 24.3 Å². The SMILES string of the molecule is NCC#Cc1ccc(CN2CCOC2=O)cc1. The highest BCUT2D eigenvalue weighted by molar-refractivity contribution is 5.69. The molecule has 1 amide bonds. The van der Waals surface area contributed by atoms with Gasteiger partial charge in [-0.25, -0.2) is 4.79 Å². The Hall–Kier alpha value is -1.99. The van der Waals surface area contributed by atoms with Crippen LogP contribution in [0.4, 0.5) is 4.79 Å². The highest BCUT2D eigenvalue weighted by Gasteiger charge is 2.21. The van der Waals surface area contributed by atoms with Crippen LogP contribution in [0.3, 0.4) is 0 Å². The number of rotatable bonds is 2. The van der Waals surface area contributed by atoms with Crippen LogP contribution < -0.4 is 5.73 Å². The average Bonchev–Trinajstić information content (AvgIpc) is 2.74. The minimum atomic E-state index is -0.239. The monoisotopic (exact) mass is 230 g/mol. The number of amides is 1. The Bertz CT molecular complexity index is 457. The maximum Gasteiger partial charge on any atom is 0.410 e. The number of nitrogens with zero attached hydrogens (tertiary/aromatic N) is 1. The fraction of sp³-hybridized carbons (Fsp3) is 0.308. The molecular formula is C13H14N2O2. The minimum Gasteiger partial charge on any atom is -0.448 e. The molecule has 88 valence electrons. The van der Waals surface area contributed by atoms with Gasteiger partial charge in [0.1, 0.15) is 6.61 Å². The van der Waals surface area contributed by atoms with Crippen LogP contribution in [0, 0.1) is 11.8 Å². The van der Waals surface area contributed by atoms with Crippen molar-refractivity contribution in [2.75, 3.05) is 19.7 Å². The Morgan fingerprint density at radius 3 is 2.71 bits per heavy atom. The third-order valence-electron chi connectivity index (χ3n) is 2.51. The van der Waals surface area contributed by atoms with E-state index in [0.29, 0.717) is 26.2 Å². The Morgan fingerprint density at radius 1 is 1.35 bits per heavy atom. The number of benzene rings is 1. The Kier molecular flexibility index (Phi) is 3.63. The second kappa shape index (κ2) is 5.37. The lowest BCUT2D eigenvalue weighted by Crippen LogP contribution is -2.23. The van der Waals surface area contributed by atoms with Gasteiger partial charge in [0.25, 0.3) is 0 Å². The van der Waals surface area contributed by atoms with E-state index in [0.717, 1.165) is 11.1 Å². The van der Waals surface area contributed by atoms with E-state index in [9.17, 15) is 4.79 Å². The van der Waals surface area contributed by atoms with Crippen LogP contribution in [0.25, 0.3) is 0 Å². The first kappa shape index (κ1) is 11.5. The van der Waals surface area contributed by atoms with Gasteiger partial charge >= 0.3 is 6.09 Å². The zero-order valence-electron chi connectivity index (χ0n) is 9.48. The van der Waals surface area contributed by atoms with Crippen molar-refractivity contribution < 1.29 is 9.53 Å². The molecule has 0 spiro atoms. The number of ether oxygens (including phenoxy) is 1. The first-order valence-electron chi connectivity index (χ1n) is 5.49. The molecule has 2 N–H and O–H groups in total. The van der Waals surface area contributed by atoms with Crippen LogP contribution in [-0.2, 0) is 11.3 Å². The average molecular weight is 230 g/mol. The quantitative estimate of drug-likeness (QED) is 0.769. The Labute approximate surface area is 100 Å². The molecule has 1 fully saturated rings. The normalized spacial score (nSPS) is 14.2. The molecule has 1 saturated heterocycles. The molecule has 1 aliphatic rings. The van der Waals surface area contributed by atoms with Crippen molar-refractivity contribution in [2.24, 2.45) is 5.73 Å². The molecule has 0 bridgehead atoms. The molecule has 4 nitrogen and oxygen atoms in total. The molecule has 0 aromatic heterocycles. The highest BCUT2D eigenvalue weighted by atomic mass is 16.6. The van der Waals surface area contributed by atoms with Crippen LogP contribution >= 0.6 is 0 Å². The van der Waals surface area contributed by atoms with Crippen molar-refractivity contribution in [3.63, 3.8) is 0 Å². The number of carbonyl (C=O) groups excluding carboxylic acids is 1. The molecule has 1 aromatic rings. The van der Waals surface area contributed by atoms with Crippen LogP contribution in [0.1, 0.15) is 11.1 Å². The van der Waals surface area contributed by atoms with Crippen molar-refractivity contribution >= 4 is 6.09 Å². The summed E-state index contributed by atoms with van der Waals surface area (Å²) >= 11 is 0. The van der Waals surface area contributed by atoms with Crippen molar-refractivity contribution in [2.45, 2.75) is 6.54 Å². The fourth-order valence-corrected chi connectivity index (χ4v) is 1.64. The summed E-state index contributed by atoms with van der Waals surface area (Å²) in [5.41, 5.74) is 7.30. The first-order valence-corrected chi connectivity index (χ1v) is 5.49. The molecule has 2 rings (SSSR count). The van der Waals surface area contributed by atoms with Crippen LogP contribution in [-0.4, -0.2) is 30.7 Å². The molecule has 0 radical (unpaired) electrons. The van der Waals surface area contributed by atoms with Gasteiger partial charge < -0.3 is 15.4 Å². The second-order valence-corrected chi connectivity index (χ2v) is 3.74. The van der Waals surface area contributed by atoms with Crippen LogP contribution in [0.15, 0.2) is 24.3 Å². The molecule has 0 unspecified atom stereocenters. The maximum absolute atomic E-state index is 11.3. The van der Waals surface area contributed by atoms with Gasteiger partial charge in [0.15, 0.2) is 0 Å². The molecule has 0 saturated carbocycles. The van der Waals surface area contributed by atoms with E-state index in [1.165, 1.54) is 0 Å². The summed E-state index contributed by atoms with van der Waals surface area (Å²) in [4.78, 5) is 12.9. The lowest BCUT2D eigenvalue weighted by Gasteiger charge is -2.12. The number of carbonyl (C=O) groups is 1. The van der Waals surface area contributed by atoms with Gasteiger partial charge in [-0.15, -0.1) is 0 Å². The molecule has 17 heavy (non-hydrogen) atoms. The summed E-state index contributed by atoms with van der Waals surface area (Å²) in [5, 5.41) is 0. The smallest absolute Gasteiger partial charge is 0.410 e. The molecule has 4 heteroatoms. The first-order chi connectivity index (χ1) is 8.29. The molecular weight excluding hydrogens is 216 g/mol. The maximum atomic E-state index is 11.3. The third-order valence-corrected chi connectivity index (χ3v) is 2.51. The topological polar surface area (TPSA) is 55.6 Å². The summed E-state index contributed by atoms with van der Waals surface area (Å²) in [7, 11) is 0. The number of hydrogen-bond acceptors (Lipinski definition) is 3. The molecule has 1 heterocycles. The van der Waals surface area contributed by atoms with E-state index in [-0.39, 0.29) is 6.09 Å². The molecule has 0 aliphatic carbocycles. The zero-order chi connectivity index (χ0) is 12.1. The lowest BCUT2D eigenvalue weighted by molar-refractivity contribution is 0.157. The molecule has 1 aliphatic heterocycles. The predicted octanol–water partition coefficient (Wildman–Crippen LogP) is 0.949. The van der Waals surface area contributed by atoms with E-state index in [1.54, 1.807) is 4.90 Å². The van der Waals surface area contributed by atoms with Crippen molar-refractivity contribution in [3.8, 4) is 11.8 Å². The van der Waals surface area contributed by atoms with Gasteiger partial charge in [0.05, 0.1) is 13.1 Å². The Morgan fingerprint density at radius 2 is 2.12 bits per heavy atom. The number of nitrogens with two attached hydrogens (primary N) is 1. The van der Waals surface area contributed by atoms with Crippen LogP contribution in [0.5, 0.6) is 0 Å². The third kappa shape index (κ3) is 2.99. The van der Waals surface area contributed by atoms with Gasteiger partial charge in [0, 0.05) is 12.1 Å². The number of hydrogen-bond donors (Lipinski definition) is 1. The largest absolute Gasteiger partial charge is 0.448 e. The van der Waals surface area contributed by atoms with Gasteiger partial charge in [-0.05, 0) is 17.7 Å². The summed E-state index contributed by atoms with van der Waals surface area (Å²) in [6.07, 6.45) is -0.239. The van der Waals surface area contributed by atoms with Crippen molar-refractivity contribution in [1.82, 2.24) is 4.90 Å². The fourth-order valence-electron chi connectivity index (χ4n) is 1.64. The van der Waals surface area contributed by atoms with E-state index < -0.39 is 0 Å². The summed E-state index contributed by atoms with van der Waals surface area (Å²) in [6, 6.07) is 7.79. The van der Waals surface area contributed by atoms with E-state index >= 15 is 0 Å². The van der Waals surface area contributed by atoms with Gasteiger partial charge in [-0.2, -0.15) is 0 Å². The van der Waals surface area contributed by atoms with E-state index in [2.05, 4.69) is 11.8 Å². The zero-order valence-corrected chi connectivity index (χ0v) is 9.48.